The van der Waals surface area contributed by atoms with Crippen LogP contribution in [0.3, 0.4) is 0 Å². The molecule has 0 aliphatic carbocycles. The van der Waals surface area contributed by atoms with Gasteiger partial charge < -0.3 is 9.80 Å². The average molecular weight is 446 g/mol. The summed E-state index contributed by atoms with van der Waals surface area (Å²) in [6.07, 6.45) is 0. The summed E-state index contributed by atoms with van der Waals surface area (Å²) in [6.45, 7) is 3.26. The summed E-state index contributed by atoms with van der Waals surface area (Å²) in [5.74, 6) is -0.256. The van der Waals surface area contributed by atoms with E-state index in [1.807, 2.05) is 56.4 Å². The molecule has 0 unspecified atom stereocenters. The van der Waals surface area contributed by atoms with Gasteiger partial charge in [0.25, 0.3) is 5.91 Å². The Balaban J connectivity index is 1.47. The number of aromatic nitrogens is 2. The Morgan fingerprint density at radius 2 is 1.84 bits per heavy atom. The fraction of sp³-hybridized carbons (Fsp3) is 0.250. The molecule has 1 aromatic heterocycles. The van der Waals surface area contributed by atoms with Gasteiger partial charge in [-0.25, -0.2) is 0 Å². The number of nitrogens with zero attached hydrogens (tertiary/aromatic N) is 5. The average Bonchev–Trinajstić information content (AvgIpc) is 3.08. The summed E-state index contributed by atoms with van der Waals surface area (Å²) in [5, 5.41) is 14.2. The normalized spacial score (nSPS) is 13.8. The summed E-state index contributed by atoms with van der Waals surface area (Å²) in [5.41, 5.74) is 2.76. The standard InChI is InChI=1S/C24H23N5O2S/c1-17-22(24(27(2)26-17)32-20-6-4-3-5-7-20)23(31)29-13-12-28(21(30)16-29)15-19-10-8-18(14-25)9-11-19/h3-11H,12-13,15-16H2,1-2H3. The van der Waals surface area contributed by atoms with E-state index < -0.39 is 0 Å². The van der Waals surface area contributed by atoms with Crippen LogP contribution in [-0.4, -0.2) is 51.0 Å². The molecule has 0 spiro atoms. The molecular weight excluding hydrogens is 422 g/mol. The van der Waals surface area contributed by atoms with Crippen LogP contribution in [0.4, 0.5) is 0 Å². The Hall–Kier alpha value is -3.57. The second-order valence-corrected chi connectivity index (χ2v) is 8.72. The zero-order chi connectivity index (χ0) is 22.7. The maximum absolute atomic E-state index is 13.4. The lowest BCUT2D eigenvalue weighted by molar-refractivity contribution is -0.135. The number of carbonyl (C=O) groups is 2. The fourth-order valence-electron chi connectivity index (χ4n) is 3.71. The van der Waals surface area contributed by atoms with Crippen molar-refractivity contribution >= 4 is 23.6 Å². The number of aryl methyl sites for hydroxylation is 2. The first-order chi connectivity index (χ1) is 15.5. The highest BCUT2D eigenvalue weighted by Crippen LogP contribution is 2.32. The highest BCUT2D eigenvalue weighted by atomic mass is 32.2. The van der Waals surface area contributed by atoms with E-state index in [9.17, 15) is 9.59 Å². The molecule has 0 bridgehead atoms. The number of amides is 2. The van der Waals surface area contributed by atoms with Gasteiger partial charge >= 0.3 is 0 Å². The second-order valence-electron chi connectivity index (χ2n) is 7.66. The van der Waals surface area contributed by atoms with Crippen LogP contribution in [0.2, 0.25) is 0 Å². The lowest BCUT2D eigenvalue weighted by Gasteiger charge is -2.34. The second kappa shape index (κ2) is 9.28. The van der Waals surface area contributed by atoms with E-state index in [4.69, 9.17) is 5.26 Å². The fourth-order valence-corrected chi connectivity index (χ4v) is 4.74. The van der Waals surface area contributed by atoms with Crippen molar-refractivity contribution in [2.45, 2.75) is 23.4 Å². The van der Waals surface area contributed by atoms with Gasteiger partial charge in [-0.05, 0) is 36.8 Å². The zero-order valence-corrected chi connectivity index (χ0v) is 18.8. The Bertz CT molecular complexity index is 1180. The van der Waals surface area contributed by atoms with Gasteiger partial charge in [0.2, 0.25) is 5.91 Å². The molecule has 8 heteroatoms. The molecule has 1 fully saturated rings. The molecule has 2 amide bonds. The molecule has 162 valence electrons. The number of hydrogen-bond donors (Lipinski definition) is 0. The van der Waals surface area contributed by atoms with Gasteiger partial charge in [0, 0.05) is 31.6 Å². The van der Waals surface area contributed by atoms with E-state index >= 15 is 0 Å². The van der Waals surface area contributed by atoms with Crippen LogP contribution in [0.5, 0.6) is 0 Å². The van der Waals surface area contributed by atoms with Crippen molar-refractivity contribution in [1.29, 1.82) is 5.26 Å². The number of hydrogen-bond acceptors (Lipinski definition) is 5. The molecule has 0 atom stereocenters. The van der Waals surface area contributed by atoms with Crippen molar-refractivity contribution < 1.29 is 9.59 Å². The molecule has 0 saturated carbocycles. The third-order valence-corrected chi connectivity index (χ3v) is 6.57. The first-order valence-electron chi connectivity index (χ1n) is 10.3. The van der Waals surface area contributed by atoms with Crippen LogP contribution in [-0.2, 0) is 18.4 Å². The van der Waals surface area contributed by atoms with Gasteiger partial charge in [-0.15, -0.1) is 0 Å². The van der Waals surface area contributed by atoms with E-state index in [0.29, 0.717) is 36.5 Å². The third-order valence-electron chi connectivity index (χ3n) is 5.40. The Kier molecular flexibility index (Phi) is 6.28. The molecule has 0 N–H and O–H groups in total. The summed E-state index contributed by atoms with van der Waals surface area (Å²) in [7, 11) is 1.83. The highest BCUT2D eigenvalue weighted by molar-refractivity contribution is 7.99. The van der Waals surface area contributed by atoms with Crippen LogP contribution in [0.1, 0.15) is 27.2 Å². The van der Waals surface area contributed by atoms with Crippen LogP contribution in [0.15, 0.2) is 64.5 Å². The van der Waals surface area contributed by atoms with Crippen molar-refractivity contribution in [1.82, 2.24) is 19.6 Å². The Morgan fingerprint density at radius 3 is 2.50 bits per heavy atom. The minimum atomic E-state index is -0.166. The zero-order valence-electron chi connectivity index (χ0n) is 18.0. The molecule has 32 heavy (non-hydrogen) atoms. The van der Waals surface area contributed by atoms with E-state index in [0.717, 1.165) is 15.5 Å². The molecule has 0 radical (unpaired) electrons. The molecule has 2 aromatic carbocycles. The largest absolute Gasteiger partial charge is 0.335 e. The SMILES string of the molecule is Cc1nn(C)c(Sc2ccccc2)c1C(=O)N1CCN(Cc2ccc(C#N)cc2)C(=O)C1. The van der Waals surface area contributed by atoms with Gasteiger partial charge in [0.05, 0.1) is 22.9 Å². The van der Waals surface area contributed by atoms with Crippen LogP contribution in [0.25, 0.3) is 0 Å². The maximum Gasteiger partial charge on any atom is 0.259 e. The topological polar surface area (TPSA) is 82.2 Å². The van der Waals surface area contributed by atoms with Crippen molar-refractivity contribution in [2.24, 2.45) is 7.05 Å². The Morgan fingerprint density at radius 1 is 1.12 bits per heavy atom. The molecule has 1 saturated heterocycles. The number of piperazine rings is 1. The molecule has 2 heterocycles. The first-order valence-corrected chi connectivity index (χ1v) is 11.1. The van der Waals surface area contributed by atoms with Gasteiger partial charge in [0.15, 0.2) is 0 Å². The molecular formula is C24H23N5O2S. The summed E-state index contributed by atoms with van der Waals surface area (Å²) < 4.78 is 1.73. The minimum absolute atomic E-state index is 0.0406. The van der Waals surface area contributed by atoms with Crippen molar-refractivity contribution in [2.75, 3.05) is 19.6 Å². The number of carbonyl (C=O) groups excluding carboxylic acids is 2. The lowest BCUT2D eigenvalue weighted by atomic mass is 10.1. The van der Waals surface area contributed by atoms with Gasteiger partial charge in [-0.3, -0.25) is 14.3 Å². The van der Waals surface area contributed by atoms with E-state index in [1.54, 1.807) is 26.6 Å². The predicted molar refractivity (Wildman–Crippen MR) is 121 cm³/mol. The predicted octanol–water partition coefficient (Wildman–Crippen LogP) is 3.24. The lowest BCUT2D eigenvalue weighted by Crippen LogP contribution is -2.51. The first kappa shape index (κ1) is 21.7. The highest BCUT2D eigenvalue weighted by Gasteiger charge is 2.31. The Labute approximate surface area is 191 Å². The van der Waals surface area contributed by atoms with Crippen molar-refractivity contribution in [3.63, 3.8) is 0 Å². The van der Waals surface area contributed by atoms with Crippen LogP contribution >= 0.6 is 11.8 Å². The number of nitriles is 1. The summed E-state index contributed by atoms with van der Waals surface area (Å²) in [6, 6.07) is 19.2. The molecule has 1 aliphatic heterocycles. The summed E-state index contributed by atoms with van der Waals surface area (Å²) in [4.78, 5) is 30.6. The minimum Gasteiger partial charge on any atom is -0.335 e. The van der Waals surface area contributed by atoms with Crippen molar-refractivity contribution in [3.05, 3.63) is 77.0 Å². The van der Waals surface area contributed by atoms with E-state index in [-0.39, 0.29) is 18.4 Å². The number of rotatable bonds is 5. The van der Waals surface area contributed by atoms with Crippen LogP contribution in [0, 0.1) is 18.3 Å². The maximum atomic E-state index is 13.4. The molecule has 7 nitrogen and oxygen atoms in total. The van der Waals surface area contributed by atoms with Crippen molar-refractivity contribution in [3.8, 4) is 6.07 Å². The van der Waals surface area contributed by atoms with Gasteiger partial charge in [0.1, 0.15) is 11.6 Å². The van der Waals surface area contributed by atoms with Crippen LogP contribution < -0.4 is 0 Å². The molecule has 4 rings (SSSR count). The smallest absolute Gasteiger partial charge is 0.259 e. The molecule has 3 aromatic rings. The molecule has 1 aliphatic rings. The summed E-state index contributed by atoms with van der Waals surface area (Å²) >= 11 is 1.49. The quantitative estimate of drug-likeness (QED) is 0.602. The monoisotopic (exact) mass is 445 g/mol. The number of benzene rings is 2. The van der Waals surface area contributed by atoms with Gasteiger partial charge in [-0.2, -0.15) is 10.4 Å². The van der Waals surface area contributed by atoms with E-state index in [2.05, 4.69) is 11.2 Å². The third kappa shape index (κ3) is 4.53. The van der Waals surface area contributed by atoms with Gasteiger partial charge in [-0.1, -0.05) is 42.1 Å². The van der Waals surface area contributed by atoms with E-state index in [1.165, 1.54) is 11.8 Å².